The smallest absolute Gasteiger partial charge is 0.271 e. The van der Waals surface area contributed by atoms with Crippen LogP contribution in [-0.4, -0.2) is 50.8 Å². The normalized spacial score (nSPS) is 19.7. The zero-order valence-corrected chi connectivity index (χ0v) is 16.7. The number of nitrogens with zero attached hydrogens (tertiary/aromatic N) is 4. The van der Waals surface area contributed by atoms with Gasteiger partial charge in [-0.05, 0) is 50.6 Å². The number of aryl methyl sites for hydroxylation is 1. The average molecular weight is 393 g/mol. The molecule has 0 saturated carbocycles. The van der Waals surface area contributed by atoms with Gasteiger partial charge in [-0.15, -0.1) is 0 Å². The molecule has 3 aromatic rings. The lowest BCUT2D eigenvalue weighted by molar-refractivity contribution is 0.0723. The zero-order valence-electron chi connectivity index (χ0n) is 16.7. The minimum Gasteiger partial charge on any atom is -0.350 e. The molecule has 0 aliphatic carbocycles. The highest BCUT2D eigenvalue weighted by molar-refractivity contribution is 6.01. The molecule has 1 amide bonds. The minimum absolute atomic E-state index is 0.0670. The van der Waals surface area contributed by atoms with Gasteiger partial charge < -0.3 is 14.8 Å². The molecule has 0 unspecified atom stereocenters. The zero-order chi connectivity index (χ0) is 20.1. The number of rotatable bonds is 2. The van der Waals surface area contributed by atoms with Crippen molar-refractivity contribution in [1.29, 1.82) is 0 Å². The fourth-order valence-corrected chi connectivity index (χ4v) is 4.57. The first-order valence-electron chi connectivity index (χ1n) is 10.1. The maximum Gasteiger partial charge on any atom is 0.271 e. The molecule has 1 aromatic carbocycles. The van der Waals surface area contributed by atoms with E-state index in [0.29, 0.717) is 12.2 Å². The number of aromatic amines is 1. The SMILES string of the molecule is Cc1c(C(=O)N2CCC[C@@H]2c2ncc3c(n2)CCN(C)C3)[nH]c2ccc(F)cc12. The number of halogens is 1. The van der Waals surface area contributed by atoms with Crippen molar-refractivity contribution in [3.63, 3.8) is 0 Å². The lowest BCUT2D eigenvalue weighted by Gasteiger charge is -2.27. The van der Waals surface area contributed by atoms with Crippen molar-refractivity contribution in [3.05, 3.63) is 58.6 Å². The minimum atomic E-state index is -0.300. The maximum atomic E-state index is 13.6. The molecule has 2 aliphatic heterocycles. The molecule has 1 fully saturated rings. The van der Waals surface area contributed by atoms with Crippen LogP contribution in [-0.2, 0) is 13.0 Å². The summed E-state index contributed by atoms with van der Waals surface area (Å²) in [6, 6.07) is 4.45. The Morgan fingerprint density at radius 1 is 1.31 bits per heavy atom. The summed E-state index contributed by atoms with van der Waals surface area (Å²) < 4.78 is 13.6. The summed E-state index contributed by atoms with van der Waals surface area (Å²) in [5, 5.41) is 0.748. The molecule has 2 aromatic heterocycles. The standard InChI is InChI=1S/C22H24FN5O/c1-13-16-10-15(23)5-6-18(16)25-20(13)22(29)28-8-3-4-19(28)21-24-11-14-12-27(2)9-7-17(14)26-21/h5-6,10-11,19,25H,3-4,7-9,12H2,1-2H3/t19-/m1/s1. The van der Waals surface area contributed by atoms with Crippen molar-refractivity contribution in [2.24, 2.45) is 0 Å². The van der Waals surface area contributed by atoms with Crippen molar-refractivity contribution < 1.29 is 9.18 Å². The summed E-state index contributed by atoms with van der Waals surface area (Å²) in [5.41, 5.74) is 4.36. The van der Waals surface area contributed by atoms with Crippen LogP contribution >= 0.6 is 0 Å². The Kier molecular flexibility index (Phi) is 4.35. The summed E-state index contributed by atoms with van der Waals surface area (Å²) in [6.07, 6.45) is 4.62. The van der Waals surface area contributed by atoms with Gasteiger partial charge in [0.15, 0.2) is 5.82 Å². The van der Waals surface area contributed by atoms with Crippen LogP contribution in [0.3, 0.4) is 0 Å². The number of amides is 1. The highest BCUT2D eigenvalue weighted by atomic mass is 19.1. The summed E-state index contributed by atoms with van der Waals surface area (Å²) in [4.78, 5) is 30.2. The Hall–Kier alpha value is -2.80. The first kappa shape index (κ1) is 18.2. The molecule has 7 heteroatoms. The number of carbonyl (C=O) groups excluding carboxylic acids is 1. The number of hydrogen-bond acceptors (Lipinski definition) is 4. The van der Waals surface area contributed by atoms with E-state index in [0.717, 1.165) is 60.3 Å². The maximum absolute atomic E-state index is 13.6. The molecule has 150 valence electrons. The van der Waals surface area contributed by atoms with E-state index in [1.54, 1.807) is 6.07 Å². The highest BCUT2D eigenvalue weighted by Gasteiger charge is 2.34. The molecule has 2 aliphatic rings. The molecule has 0 radical (unpaired) electrons. The van der Waals surface area contributed by atoms with Crippen molar-refractivity contribution in [1.82, 2.24) is 24.8 Å². The van der Waals surface area contributed by atoms with Gasteiger partial charge in [-0.25, -0.2) is 14.4 Å². The topological polar surface area (TPSA) is 65.1 Å². The van der Waals surface area contributed by atoms with Gasteiger partial charge >= 0.3 is 0 Å². The monoisotopic (exact) mass is 393 g/mol. The number of likely N-dealkylation sites (N-methyl/N-ethyl adjacent to an activating group) is 1. The number of aromatic nitrogens is 3. The van der Waals surface area contributed by atoms with E-state index in [4.69, 9.17) is 4.98 Å². The molecular formula is C22H24FN5O. The molecule has 0 bridgehead atoms. The number of hydrogen-bond donors (Lipinski definition) is 1. The Bertz CT molecular complexity index is 1110. The van der Waals surface area contributed by atoms with E-state index in [1.165, 1.54) is 17.7 Å². The fraction of sp³-hybridized carbons (Fsp3) is 0.409. The van der Waals surface area contributed by atoms with E-state index >= 15 is 0 Å². The highest BCUT2D eigenvalue weighted by Crippen LogP contribution is 2.33. The van der Waals surface area contributed by atoms with Crippen molar-refractivity contribution in [3.8, 4) is 0 Å². The van der Waals surface area contributed by atoms with Crippen LogP contribution in [0.4, 0.5) is 4.39 Å². The Morgan fingerprint density at radius 2 is 2.17 bits per heavy atom. The second kappa shape index (κ2) is 6.91. The fourth-order valence-electron chi connectivity index (χ4n) is 4.57. The number of nitrogens with one attached hydrogen (secondary N) is 1. The number of fused-ring (bicyclic) bond motifs is 2. The lowest BCUT2D eigenvalue weighted by atomic mass is 10.1. The Morgan fingerprint density at radius 3 is 3.03 bits per heavy atom. The van der Waals surface area contributed by atoms with Crippen molar-refractivity contribution in [2.75, 3.05) is 20.1 Å². The molecule has 6 nitrogen and oxygen atoms in total. The summed E-state index contributed by atoms with van der Waals surface area (Å²) in [7, 11) is 2.10. The van der Waals surface area contributed by atoms with E-state index < -0.39 is 0 Å². The molecule has 1 N–H and O–H groups in total. The van der Waals surface area contributed by atoms with Gasteiger partial charge in [0, 0.05) is 54.4 Å². The molecule has 29 heavy (non-hydrogen) atoms. The second-order valence-electron chi connectivity index (χ2n) is 8.16. The van der Waals surface area contributed by atoms with Crippen LogP contribution in [0.5, 0.6) is 0 Å². The van der Waals surface area contributed by atoms with E-state index in [2.05, 4.69) is 21.9 Å². The molecule has 1 saturated heterocycles. The molecule has 5 rings (SSSR count). The number of carbonyl (C=O) groups is 1. The van der Waals surface area contributed by atoms with Gasteiger partial charge in [0.1, 0.15) is 11.5 Å². The van der Waals surface area contributed by atoms with Crippen LogP contribution in [0, 0.1) is 12.7 Å². The van der Waals surface area contributed by atoms with Gasteiger partial charge in [0.2, 0.25) is 0 Å². The van der Waals surface area contributed by atoms with Crippen molar-refractivity contribution in [2.45, 2.75) is 38.8 Å². The number of benzene rings is 1. The van der Waals surface area contributed by atoms with Gasteiger partial charge in [-0.3, -0.25) is 4.79 Å². The third-order valence-corrected chi connectivity index (χ3v) is 6.19. The number of H-pyrrole nitrogens is 1. The predicted octanol–water partition coefficient (Wildman–Crippen LogP) is 3.37. The average Bonchev–Trinajstić information content (AvgIpc) is 3.32. The van der Waals surface area contributed by atoms with E-state index in [9.17, 15) is 9.18 Å². The Balaban J connectivity index is 1.47. The van der Waals surface area contributed by atoms with Gasteiger partial charge in [-0.2, -0.15) is 0 Å². The van der Waals surface area contributed by atoms with Gasteiger partial charge in [0.25, 0.3) is 5.91 Å². The Labute approximate surface area is 168 Å². The third kappa shape index (κ3) is 3.09. The van der Waals surface area contributed by atoms with Crippen LogP contribution in [0.15, 0.2) is 24.4 Å². The summed E-state index contributed by atoms with van der Waals surface area (Å²) in [6.45, 7) is 4.40. The van der Waals surface area contributed by atoms with E-state index in [-0.39, 0.29) is 17.8 Å². The van der Waals surface area contributed by atoms with Crippen LogP contribution in [0.1, 0.15) is 52.0 Å². The molecule has 0 spiro atoms. The van der Waals surface area contributed by atoms with Gasteiger partial charge in [-0.1, -0.05) is 0 Å². The lowest BCUT2D eigenvalue weighted by Crippen LogP contribution is -2.33. The second-order valence-corrected chi connectivity index (χ2v) is 8.16. The predicted molar refractivity (Wildman–Crippen MR) is 108 cm³/mol. The van der Waals surface area contributed by atoms with E-state index in [1.807, 2.05) is 18.0 Å². The van der Waals surface area contributed by atoms with Crippen LogP contribution in [0.2, 0.25) is 0 Å². The van der Waals surface area contributed by atoms with Crippen molar-refractivity contribution >= 4 is 16.8 Å². The van der Waals surface area contributed by atoms with Crippen LogP contribution < -0.4 is 0 Å². The summed E-state index contributed by atoms with van der Waals surface area (Å²) >= 11 is 0. The first-order valence-corrected chi connectivity index (χ1v) is 10.1. The summed E-state index contributed by atoms with van der Waals surface area (Å²) in [5.74, 6) is 0.368. The number of likely N-dealkylation sites (tertiary alicyclic amines) is 1. The largest absolute Gasteiger partial charge is 0.350 e. The van der Waals surface area contributed by atoms with Crippen LogP contribution in [0.25, 0.3) is 10.9 Å². The molecule has 1 atom stereocenters. The molecule has 4 heterocycles. The molecular weight excluding hydrogens is 369 g/mol. The quantitative estimate of drug-likeness (QED) is 0.725. The third-order valence-electron chi connectivity index (χ3n) is 6.19. The van der Waals surface area contributed by atoms with Gasteiger partial charge in [0.05, 0.1) is 6.04 Å². The first-order chi connectivity index (χ1) is 14.0.